The third kappa shape index (κ3) is 5.22. The van der Waals surface area contributed by atoms with Gasteiger partial charge in [0.25, 0.3) is 11.8 Å². The van der Waals surface area contributed by atoms with Gasteiger partial charge in [-0.05, 0) is 56.2 Å². The Morgan fingerprint density at radius 3 is 2.41 bits per heavy atom. The van der Waals surface area contributed by atoms with E-state index >= 15 is 0 Å². The molecule has 2 aliphatic heterocycles. The molecular formula is C25H33N3O3S. The predicted molar refractivity (Wildman–Crippen MR) is 129 cm³/mol. The summed E-state index contributed by atoms with van der Waals surface area (Å²) in [5, 5.41) is 1.89. The molecule has 0 bridgehead atoms. The van der Waals surface area contributed by atoms with Gasteiger partial charge in [-0.3, -0.25) is 14.5 Å². The molecule has 0 radical (unpaired) electrons. The molecule has 0 aliphatic carbocycles. The third-order valence-electron chi connectivity index (χ3n) is 6.45. The summed E-state index contributed by atoms with van der Waals surface area (Å²) in [5.74, 6) is 0.529. The van der Waals surface area contributed by atoms with Crippen LogP contribution in [0.25, 0.3) is 0 Å². The fourth-order valence-corrected chi connectivity index (χ4v) is 5.61. The van der Waals surface area contributed by atoms with E-state index in [4.69, 9.17) is 4.74 Å². The molecule has 1 aromatic carbocycles. The van der Waals surface area contributed by atoms with E-state index in [1.165, 1.54) is 11.3 Å². The fraction of sp³-hybridized carbons (Fsp3) is 0.520. The van der Waals surface area contributed by atoms with E-state index in [0.717, 1.165) is 45.6 Å². The Labute approximate surface area is 194 Å². The molecule has 2 aliphatic rings. The Balaban J connectivity index is 1.38. The van der Waals surface area contributed by atoms with Crippen LogP contribution in [-0.4, -0.2) is 73.6 Å². The minimum absolute atomic E-state index is 0.0125. The number of carbonyl (C=O) groups excluding carboxylic acids is 2. The largest absolute Gasteiger partial charge is 0.373 e. The van der Waals surface area contributed by atoms with Crippen molar-refractivity contribution in [1.82, 2.24) is 9.80 Å². The first-order chi connectivity index (χ1) is 15.4. The average Bonchev–Trinajstić information content (AvgIpc) is 3.32. The van der Waals surface area contributed by atoms with Crippen LogP contribution in [0.5, 0.6) is 0 Å². The molecule has 3 heterocycles. The van der Waals surface area contributed by atoms with Crippen molar-refractivity contribution < 1.29 is 14.3 Å². The Hall–Kier alpha value is -2.22. The smallest absolute Gasteiger partial charge is 0.268 e. The molecule has 2 aromatic rings. The summed E-state index contributed by atoms with van der Waals surface area (Å²) in [5.41, 5.74) is 1.25. The summed E-state index contributed by atoms with van der Waals surface area (Å²) in [6.45, 7) is 8.85. The van der Waals surface area contributed by atoms with E-state index in [1.807, 2.05) is 46.7 Å². The molecule has 2 fully saturated rings. The molecule has 0 spiro atoms. The van der Waals surface area contributed by atoms with E-state index in [0.29, 0.717) is 22.0 Å². The lowest BCUT2D eigenvalue weighted by molar-refractivity contribution is -0.0728. The Kier molecular flexibility index (Phi) is 7.28. The van der Waals surface area contributed by atoms with Crippen molar-refractivity contribution in [3.05, 3.63) is 52.2 Å². The van der Waals surface area contributed by atoms with E-state index in [1.54, 1.807) is 11.9 Å². The van der Waals surface area contributed by atoms with Gasteiger partial charge in [-0.1, -0.05) is 18.2 Å². The molecular weight excluding hydrogens is 422 g/mol. The van der Waals surface area contributed by atoms with Crippen LogP contribution in [-0.2, 0) is 4.74 Å². The second-order valence-electron chi connectivity index (χ2n) is 9.07. The third-order valence-corrected chi connectivity index (χ3v) is 7.30. The second kappa shape index (κ2) is 10.1. The molecule has 2 saturated heterocycles. The van der Waals surface area contributed by atoms with Crippen molar-refractivity contribution in [2.75, 3.05) is 44.7 Å². The summed E-state index contributed by atoms with van der Waals surface area (Å²) in [4.78, 5) is 32.9. The zero-order valence-corrected chi connectivity index (χ0v) is 20.0. The topological polar surface area (TPSA) is 53.1 Å². The van der Waals surface area contributed by atoms with Gasteiger partial charge in [0.1, 0.15) is 0 Å². The van der Waals surface area contributed by atoms with Gasteiger partial charge in [-0.2, -0.15) is 0 Å². The molecule has 1 aromatic heterocycles. The zero-order chi connectivity index (χ0) is 22.7. The molecule has 2 unspecified atom stereocenters. The number of ether oxygens (including phenoxy) is 1. The van der Waals surface area contributed by atoms with E-state index in [-0.39, 0.29) is 24.0 Å². The Morgan fingerprint density at radius 1 is 1.06 bits per heavy atom. The molecule has 6 nitrogen and oxygen atoms in total. The zero-order valence-electron chi connectivity index (χ0n) is 19.2. The first kappa shape index (κ1) is 23.0. The van der Waals surface area contributed by atoms with E-state index < -0.39 is 0 Å². The van der Waals surface area contributed by atoms with Crippen molar-refractivity contribution in [3.8, 4) is 0 Å². The first-order valence-corrected chi connectivity index (χ1v) is 12.4. The average molecular weight is 456 g/mol. The molecule has 32 heavy (non-hydrogen) atoms. The number of benzene rings is 1. The van der Waals surface area contributed by atoms with Crippen molar-refractivity contribution in [3.63, 3.8) is 0 Å². The van der Waals surface area contributed by atoms with Crippen molar-refractivity contribution in [2.45, 2.75) is 38.9 Å². The number of rotatable bonds is 5. The van der Waals surface area contributed by atoms with Gasteiger partial charge in [0.05, 0.1) is 28.3 Å². The number of amides is 2. The van der Waals surface area contributed by atoms with Gasteiger partial charge >= 0.3 is 0 Å². The van der Waals surface area contributed by atoms with E-state index in [9.17, 15) is 9.59 Å². The standard InChI is InChI=1S/C25H33N3O3S/c1-18-15-27(16-19(2)31-18)17-20-10-12-28(13-11-20)24(29)21-7-4-5-8-22(21)26(3)25(30)23-9-6-14-32-23/h4-9,14,18-20H,10-13,15-17H2,1-3H3. The van der Waals surface area contributed by atoms with Gasteiger partial charge in [0, 0.05) is 39.8 Å². The fourth-order valence-electron chi connectivity index (χ4n) is 4.91. The number of carbonyl (C=O) groups is 2. The Morgan fingerprint density at radius 2 is 1.75 bits per heavy atom. The molecule has 172 valence electrons. The van der Waals surface area contributed by atoms with Crippen molar-refractivity contribution in [2.24, 2.45) is 5.92 Å². The predicted octanol–water partition coefficient (Wildman–Crippen LogP) is 3.99. The maximum atomic E-state index is 13.4. The highest BCUT2D eigenvalue weighted by molar-refractivity contribution is 7.12. The van der Waals surface area contributed by atoms with Crippen molar-refractivity contribution in [1.29, 1.82) is 0 Å². The summed E-state index contributed by atoms with van der Waals surface area (Å²) >= 11 is 1.41. The van der Waals surface area contributed by atoms with Gasteiger partial charge in [0.2, 0.25) is 0 Å². The summed E-state index contributed by atoms with van der Waals surface area (Å²) in [6.07, 6.45) is 2.59. The molecule has 2 amide bonds. The minimum Gasteiger partial charge on any atom is -0.373 e. The van der Waals surface area contributed by atoms with Gasteiger partial charge in [0.15, 0.2) is 0 Å². The maximum absolute atomic E-state index is 13.4. The van der Waals surface area contributed by atoms with Crippen LogP contribution in [0.4, 0.5) is 5.69 Å². The number of piperidine rings is 1. The number of nitrogens with zero attached hydrogens (tertiary/aromatic N) is 3. The van der Waals surface area contributed by atoms with Crippen LogP contribution in [0.2, 0.25) is 0 Å². The highest BCUT2D eigenvalue weighted by Gasteiger charge is 2.29. The lowest BCUT2D eigenvalue weighted by Gasteiger charge is -2.39. The van der Waals surface area contributed by atoms with E-state index in [2.05, 4.69) is 18.7 Å². The van der Waals surface area contributed by atoms with Crippen LogP contribution in [0.3, 0.4) is 0 Å². The highest BCUT2D eigenvalue weighted by Crippen LogP contribution is 2.27. The first-order valence-electron chi connectivity index (χ1n) is 11.5. The summed E-state index contributed by atoms with van der Waals surface area (Å²) in [7, 11) is 1.74. The SMILES string of the molecule is CC1CN(CC2CCN(C(=O)c3ccccc3N(C)C(=O)c3cccs3)CC2)CC(C)O1. The minimum atomic E-state index is -0.0899. The lowest BCUT2D eigenvalue weighted by atomic mass is 9.95. The molecule has 7 heteroatoms. The second-order valence-corrected chi connectivity index (χ2v) is 10.0. The van der Waals surface area contributed by atoms with Crippen LogP contribution in [0, 0.1) is 5.92 Å². The maximum Gasteiger partial charge on any atom is 0.268 e. The normalized spacial score (nSPS) is 22.7. The summed E-state index contributed by atoms with van der Waals surface area (Å²) < 4.78 is 5.85. The number of para-hydroxylation sites is 1. The van der Waals surface area contributed by atoms with Gasteiger partial charge in [-0.15, -0.1) is 11.3 Å². The van der Waals surface area contributed by atoms with Crippen LogP contribution < -0.4 is 4.90 Å². The van der Waals surface area contributed by atoms with Crippen LogP contribution >= 0.6 is 11.3 Å². The van der Waals surface area contributed by atoms with Crippen LogP contribution in [0.15, 0.2) is 41.8 Å². The number of morpholine rings is 1. The van der Waals surface area contributed by atoms with Crippen LogP contribution in [0.1, 0.15) is 46.7 Å². The number of likely N-dealkylation sites (tertiary alicyclic amines) is 1. The van der Waals surface area contributed by atoms with Gasteiger partial charge < -0.3 is 14.5 Å². The highest BCUT2D eigenvalue weighted by atomic mass is 32.1. The molecule has 4 rings (SSSR count). The Bertz CT molecular complexity index is 914. The number of thiophene rings is 1. The van der Waals surface area contributed by atoms with Gasteiger partial charge in [-0.25, -0.2) is 0 Å². The lowest BCUT2D eigenvalue weighted by Crippen LogP contribution is -2.48. The number of anilines is 1. The number of hydrogen-bond donors (Lipinski definition) is 0. The summed E-state index contributed by atoms with van der Waals surface area (Å²) in [6, 6.07) is 11.1. The van der Waals surface area contributed by atoms with Crippen molar-refractivity contribution >= 4 is 28.8 Å². The molecule has 2 atom stereocenters. The molecule has 0 N–H and O–H groups in total. The number of hydrogen-bond acceptors (Lipinski definition) is 5. The quantitative estimate of drug-likeness (QED) is 0.684. The monoisotopic (exact) mass is 455 g/mol. The molecule has 0 saturated carbocycles.